The molecule has 6 rings (SSSR count). The molecule has 1 aromatic carbocycles. The molecule has 4 aliphatic rings. The number of hydrogen-bond donors (Lipinski definition) is 2. The number of aliphatic hydroxyl groups is 1. The van der Waals surface area contributed by atoms with Gasteiger partial charge >= 0.3 is 0 Å². The van der Waals surface area contributed by atoms with Crippen molar-refractivity contribution in [1.29, 1.82) is 5.26 Å². The number of nitriles is 1. The lowest BCUT2D eigenvalue weighted by molar-refractivity contribution is 0.0973. The van der Waals surface area contributed by atoms with Crippen LogP contribution in [0.1, 0.15) is 67.2 Å². The maximum Gasteiger partial charge on any atom is 0.156 e. The van der Waals surface area contributed by atoms with Crippen molar-refractivity contribution in [3.63, 3.8) is 0 Å². The highest BCUT2D eigenvalue weighted by Crippen LogP contribution is 2.42. The van der Waals surface area contributed by atoms with E-state index >= 15 is 0 Å². The topological polar surface area (TPSA) is 124 Å². The van der Waals surface area contributed by atoms with E-state index in [4.69, 9.17) is 25.4 Å². The van der Waals surface area contributed by atoms with Crippen molar-refractivity contribution in [2.75, 3.05) is 36.0 Å². The van der Waals surface area contributed by atoms with Crippen LogP contribution in [-0.2, 0) is 17.9 Å². The standard InChI is InChI=1S/C27H33N7O2/c1-16-5-8-34(22-4-3-18(12-28)11-19(16)22)26-23-20(13-30-26)32-25(21(14-35)31-23)33-9-6-27(7-10-33)15-36-17(2)24(27)29/h3-4,11,16-17,24,35H,5-10,13-15,29H2,1-2H3/t16-,17-,24+/m0/s1. The van der Waals surface area contributed by atoms with Crippen molar-refractivity contribution in [3.8, 4) is 6.07 Å². The van der Waals surface area contributed by atoms with Gasteiger partial charge in [-0.1, -0.05) is 6.92 Å². The first-order valence-electron chi connectivity index (χ1n) is 12.9. The molecule has 0 unspecified atom stereocenters. The second-order valence-electron chi connectivity index (χ2n) is 10.7. The summed E-state index contributed by atoms with van der Waals surface area (Å²) in [5.74, 6) is 1.93. The Morgan fingerprint density at radius 3 is 2.72 bits per heavy atom. The number of benzene rings is 1. The minimum Gasteiger partial charge on any atom is -0.390 e. The van der Waals surface area contributed by atoms with E-state index in [-0.39, 0.29) is 24.2 Å². The van der Waals surface area contributed by atoms with Crippen LogP contribution in [0.3, 0.4) is 0 Å². The minimum absolute atomic E-state index is 0.0277. The van der Waals surface area contributed by atoms with Crippen molar-refractivity contribution < 1.29 is 9.84 Å². The van der Waals surface area contributed by atoms with Crippen LogP contribution in [0.15, 0.2) is 23.2 Å². The van der Waals surface area contributed by atoms with Gasteiger partial charge < -0.3 is 25.4 Å². The summed E-state index contributed by atoms with van der Waals surface area (Å²) in [6.07, 6.45) is 2.94. The fourth-order valence-corrected chi connectivity index (χ4v) is 6.30. The summed E-state index contributed by atoms with van der Waals surface area (Å²) in [4.78, 5) is 19.2. The number of rotatable bonds is 2. The summed E-state index contributed by atoms with van der Waals surface area (Å²) in [6.45, 7) is 7.73. The van der Waals surface area contributed by atoms with Gasteiger partial charge in [0.1, 0.15) is 11.4 Å². The molecule has 0 saturated carbocycles. The van der Waals surface area contributed by atoms with Crippen molar-refractivity contribution >= 4 is 17.3 Å². The van der Waals surface area contributed by atoms with Gasteiger partial charge in [-0.15, -0.1) is 0 Å². The Kier molecular flexibility index (Phi) is 5.71. The molecule has 3 atom stereocenters. The van der Waals surface area contributed by atoms with Crippen LogP contribution in [-0.4, -0.2) is 59.3 Å². The molecule has 9 nitrogen and oxygen atoms in total. The van der Waals surface area contributed by atoms with Gasteiger partial charge in [-0.3, -0.25) is 4.99 Å². The van der Waals surface area contributed by atoms with Crippen LogP contribution in [0.25, 0.3) is 0 Å². The number of amidine groups is 1. The van der Waals surface area contributed by atoms with Gasteiger partial charge in [0.15, 0.2) is 11.7 Å². The smallest absolute Gasteiger partial charge is 0.156 e. The Balaban J connectivity index is 1.28. The van der Waals surface area contributed by atoms with Crippen molar-refractivity contribution in [1.82, 2.24) is 9.97 Å². The third-order valence-electron chi connectivity index (χ3n) is 8.68. The van der Waals surface area contributed by atoms with Gasteiger partial charge in [-0.05, 0) is 55.9 Å². The van der Waals surface area contributed by atoms with Crippen LogP contribution in [0.4, 0.5) is 11.5 Å². The average molecular weight is 488 g/mol. The lowest BCUT2D eigenvalue weighted by Crippen LogP contribution is -2.51. The molecule has 0 aliphatic carbocycles. The molecular weight excluding hydrogens is 454 g/mol. The van der Waals surface area contributed by atoms with E-state index in [1.165, 1.54) is 0 Å². The number of ether oxygens (including phenoxy) is 1. The van der Waals surface area contributed by atoms with Gasteiger partial charge in [-0.25, -0.2) is 9.97 Å². The van der Waals surface area contributed by atoms with E-state index in [0.717, 1.165) is 79.8 Å². The Labute approximate surface area is 211 Å². The number of piperidine rings is 1. The molecular formula is C27H33N7O2. The normalized spacial score (nSPS) is 26.5. The summed E-state index contributed by atoms with van der Waals surface area (Å²) in [5.41, 5.74) is 11.6. The quantitative estimate of drug-likeness (QED) is 0.662. The number of fused-ring (bicyclic) bond motifs is 2. The zero-order chi connectivity index (χ0) is 25.0. The van der Waals surface area contributed by atoms with E-state index in [1.54, 1.807) is 0 Å². The largest absolute Gasteiger partial charge is 0.390 e. The number of nitrogens with two attached hydrogens (primary N) is 1. The molecule has 4 aliphatic heterocycles. The van der Waals surface area contributed by atoms with Gasteiger partial charge in [0.05, 0.1) is 43.2 Å². The van der Waals surface area contributed by atoms with Gasteiger partial charge in [-0.2, -0.15) is 5.26 Å². The molecule has 2 saturated heterocycles. The Bertz CT molecular complexity index is 1260. The highest BCUT2D eigenvalue weighted by atomic mass is 16.5. The van der Waals surface area contributed by atoms with Crippen LogP contribution in [0.2, 0.25) is 0 Å². The number of aliphatic imine (C=N–C) groups is 1. The number of aliphatic hydroxyl groups excluding tert-OH is 1. The van der Waals surface area contributed by atoms with E-state index in [9.17, 15) is 10.4 Å². The van der Waals surface area contributed by atoms with Gasteiger partial charge in [0, 0.05) is 36.8 Å². The number of aromatic nitrogens is 2. The first-order chi connectivity index (χ1) is 17.4. The summed E-state index contributed by atoms with van der Waals surface area (Å²) in [7, 11) is 0. The molecule has 1 aromatic heterocycles. The predicted octanol–water partition coefficient (Wildman–Crippen LogP) is 2.45. The van der Waals surface area contributed by atoms with Gasteiger partial charge in [0.2, 0.25) is 0 Å². The minimum atomic E-state index is -0.177. The molecule has 188 valence electrons. The molecule has 1 spiro atoms. The maximum absolute atomic E-state index is 10.3. The monoisotopic (exact) mass is 487 g/mol. The Morgan fingerprint density at radius 1 is 1.22 bits per heavy atom. The Hall–Kier alpha value is -3.06. The van der Waals surface area contributed by atoms with E-state index < -0.39 is 0 Å². The van der Waals surface area contributed by atoms with E-state index in [0.29, 0.717) is 23.7 Å². The molecule has 3 N–H and O–H groups in total. The number of anilines is 2. The number of hydrogen-bond acceptors (Lipinski definition) is 9. The molecule has 5 heterocycles. The first-order valence-corrected chi connectivity index (χ1v) is 12.9. The van der Waals surface area contributed by atoms with Crippen molar-refractivity contribution in [2.24, 2.45) is 16.1 Å². The van der Waals surface area contributed by atoms with Crippen LogP contribution >= 0.6 is 0 Å². The number of nitrogens with zero attached hydrogens (tertiary/aromatic N) is 6. The van der Waals surface area contributed by atoms with Crippen LogP contribution < -0.4 is 15.5 Å². The lowest BCUT2D eigenvalue weighted by atomic mass is 9.73. The maximum atomic E-state index is 10.3. The van der Waals surface area contributed by atoms with Crippen LogP contribution in [0.5, 0.6) is 0 Å². The third-order valence-corrected chi connectivity index (χ3v) is 8.68. The second-order valence-corrected chi connectivity index (χ2v) is 10.7. The van der Waals surface area contributed by atoms with Gasteiger partial charge in [0.25, 0.3) is 0 Å². The highest BCUT2D eigenvalue weighted by Gasteiger charge is 2.48. The fraction of sp³-hybridized carbons (Fsp3) is 0.556. The molecule has 2 aromatic rings. The van der Waals surface area contributed by atoms with Crippen LogP contribution in [0, 0.1) is 16.7 Å². The predicted molar refractivity (Wildman–Crippen MR) is 137 cm³/mol. The molecule has 0 amide bonds. The fourth-order valence-electron chi connectivity index (χ4n) is 6.30. The van der Waals surface area contributed by atoms with E-state index in [2.05, 4.69) is 29.7 Å². The molecule has 36 heavy (non-hydrogen) atoms. The molecule has 9 heteroatoms. The Morgan fingerprint density at radius 2 is 2.03 bits per heavy atom. The molecule has 0 radical (unpaired) electrons. The zero-order valence-electron chi connectivity index (χ0n) is 20.9. The third kappa shape index (κ3) is 3.59. The lowest BCUT2D eigenvalue weighted by Gasteiger charge is -2.42. The average Bonchev–Trinajstić information content (AvgIpc) is 3.44. The SMILES string of the molecule is C[C@@H]1OCC2(CCN(c3nc4c(nc3CO)C(N3CC[C@H](C)c5cc(C#N)ccc53)=NC4)CC2)[C@@H]1N. The summed E-state index contributed by atoms with van der Waals surface area (Å²) >= 11 is 0. The summed E-state index contributed by atoms with van der Waals surface area (Å²) in [5, 5.41) is 19.6. The summed E-state index contributed by atoms with van der Waals surface area (Å²) < 4.78 is 5.87. The van der Waals surface area contributed by atoms with E-state index in [1.807, 2.05) is 18.2 Å². The van der Waals surface area contributed by atoms with Crippen molar-refractivity contribution in [3.05, 3.63) is 46.4 Å². The van der Waals surface area contributed by atoms with Crippen molar-refractivity contribution in [2.45, 2.75) is 64.3 Å². The summed E-state index contributed by atoms with van der Waals surface area (Å²) in [6, 6.07) is 8.17. The molecule has 0 bridgehead atoms. The first kappa shape index (κ1) is 23.3. The second kappa shape index (κ2) is 8.80. The highest BCUT2D eigenvalue weighted by molar-refractivity contribution is 6.11. The zero-order valence-corrected chi connectivity index (χ0v) is 20.9. The molecule has 2 fully saturated rings.